The van der Waals surface area contributed by atoms with Gasteiger partial charge >= 0.3 is 12.0 Å². The minimum absolute atomic E-state index is 0.00614. The third-order valence-electron chi connectivity index (χ3n) is 5.43. The van der Waals surface area contributed by atoms with Crippen LogP contribution in [-0.2, 0) is 13.5 Å². The maximum Gasteiger partial charge on any atom is 0.356 e. The number of benzene rings is 2. The van der Waals surface area contributed by atoms with E-state index in [-0.39, 0.29) is 11.5 Å². The summed E-state index contributed by atoms with van der Waals surface area (Å²) in [4.78, 5) is 46.4. The number of methoxy groups -OCH3 is 1. The number of ether oxygens (including phenoxy) is 1. The molecule has 2 aromatic carbocycles. The number of amides is 2. The molecular weight excluding hydrogens is 526 g/mol. The molecule has 3 N–H and O–H groups in total. The Morgan fingerprint density at radius 1 is 1.13 bits per heavy atom. The number of thiazole rings is 1. The van der Waals surface area contributed by atoms with Crippen molar-refractivity contribution in [1.29, 1.82) is 0 Å². The van der Waals surface area contributed by atoms with Gasteiger partial charge in [0.2, 0.25) is 0 Å². The summed E-state index contributed by atoms with van der Waals surface area (Å²) in [6.07, 6.45) is 3.82. The van der Waals surface area contributed by atoms with Gasteiger partial charge in [0, 0.05) is 35.6 Å². The number of aryl methyl sites for hydroxylation is 3. The van der Waals surface area contributed by atoms with Gasteiger partial charge in [-0.05, 0) is 37.6 Å². The molecule has 0 spiro atoms. The molecule has 0 atom stereocenters. The molecule has 0 aliphatic carbocycles. The number of carbonyl (C=O) groups is 3. The number of imidazole rings is 1. The summed E-state index contributed by atoms with van der Waals surface area (Å²) in [5.74, 6) is -0.215. The van der Waals surface area contributed by atoms with E-state index in [1.54, 1.807) is 54.2 Å². The van der Waals surface area contributed by atoms with Crippen molar-refractivity contribution in [2.75, 3.05) is 23.5 Å². The molecule has 4 rings (SSSR count). The maximum absolute atomic E-state index is 13.3. The molecule has 4 aromatic rings. The number of nitrogens with one attached hydrogen (secondary N) is 2. The second-order valence-corrected chi connectivity index (χ2v) is 10.4. The number of hydrogen-bond donors (Lipinski definition) is 3. The highest BCUT2D eigenvalue weighted by molar-refractivity contribution is 7.99. The van der Waals surface area contributed by atoms with Gasteiger partial charge in [0.05, 0.1) is 18.4 Å². The quantitative estimate of drug-likeness (QED) is 0.183. The number of para-hydroxylation sites is 1. The molecule has 2 amide bonds. The third kappa shape index (κ3) is 6.39. The van der Waals surface area contributed by atoms with Crippen molar-refractivity contribution in [3.8, 4) is 5.75 Å². The number of aromatic carboxylic acids is 1. The zero-order valence-corrected chi connectivity index (χ0v) is 22.5. The number of nitrogens with zero attached hydrogens (tertiary/aromatic N) is 3. The van der Waals surface area contributed by atoms with Crippen LogP contribution in [0.15, 0.2) is 60.0 Å². The van der Waals surface area contributed by atoms with Crippen molar-refractivity contribution in [1.82, 2.24) is 14.5 Å². The smallest absolute Gasteiger partial charge is 0.356 e. The Balaban J connectivity index is 1.38. The van der Waals surface area contributed by atoms with E-state index in [4.69, 9.17) is 9.84 Å². The Morgan fingerprint density at radius 2 is 1.92 bits per heavy atom. The van der Waals surface area contributed by atoms with Gasteiger partial charge < -0.3 is 19.7 Å². The first-order chi connectivity index (χ1) is 18.2. The van der Waals surface area contributed by atoms with Gasteiger partial charge in [-0.3, -0.25) is 10.1 Å². The van der Waals surface area contributed by atoms with Gasteiger partial charge in [-0.15, -0.1) is 11.3 Å². The number of thioether (sulfide) groups is 1. The second-order valence-electron chi connectivity index (χ2n) is 8.21. The number of carbonyl (C=O) groups excluding carboxylic acids is 2. The van der Waals surface area contributed by atoms with Crippen molar-refractivity contribution >= 4 is 51.7 Å². The van der Waals surface area contributed by atoms with Gasteiger partial charge in [0.15, 0.2) is 21.8 Å². The number of anilines is 2. The third-order valence-corrected chi connectivity index (χ3v) is 7.44. The van der Waals surface area contributed by atoms with E-state index in [9.17, 15) is 14.4 Å². The van der Waals surface area contributed by atoms with Gasteiger partial charge in [-0.1, -0.05) is 35.5 Å². The molecule has 196 valence electrons. The SMILES string of the molecule is COc1ccccc1C(=O)c1cc(C)ccc1NC(=O)Nc1ncc(CCSc2nc(C(=O)O)cn2C)s1. The van der Waals surface area contributed by atoms with Crippen LogP contribution in [0, 0.1) is 6.92 Å². The molecule has 0 radical (unpaired) electrons. The topological polar surface area (TPSA) is 135 Å². The molecule has 0 aliphatic rings. The first-order valence-corrected chi connectivity index (χ1v) is 13.3. The highest BCUT2D eigenvalue weighted by atomic mass is 32.2. The van der Waals surface area contributed by atoms with Crippen LogP contribution in [0.3, 0.4) is 0 Å². The monoisotopic (exact) mass is 551 g/mol. The van der Waals surface area contributed by atoms with E-state index >= 15 is 0 Å². The fourth-order valence-corrected chi connectivity index (χ4v) is 5.45. The molecule has 0 aliphatic heterocycles. The molecule has 0 fully saturated rings. The molecule has 12 heteroatoms. The lowest BCUT2D eigenvalue weighted by Crippen LogP contribution is -2.21. The van der Waals surface area contributed by atoms with Crippen LogP contribution in [0.1, 0.15) is 36.9 Å². The van der Waals surface area contributed by atoms with E-state index in [1.165, 1.54) is 36.4 Å². The zero-order valence-electron chi connectivity index (χ0n) is 20.8. The van der Waals surface area contributed by atoms with Gasteiger partial charge in [-0.2, -0.15) is 0 Å². The second kappa shape index (κ2) is 11.9. The number of ketones is 1. The van der Waals surface area contributed by atoms with Gasteiger partial charge in [0.25, 0.3) is 0 Å². The van der Waals surface area contributed by atoms with E-state index in [0.717, 1.165) is 10.4 Å². The van der Waals surface area contributed by atoms with Crippen LogP contribution in [0.25, 0.3) is 0 Å². The number of urea groups is 1. The number of hydrogen-bond acceptors (Lipinski definition) is 8. The van der Waals surface area contributed by atoms with Crippen molar-refractivity contribution < 1.29 is 24.2 Å². The lowest BCUT2D eigenvalue weighted by atomic mass is 9.99. The highest BCUT2D eigenvalue weighted by Gasteiger charge is 2.19. The summed E-state index contributed by atoms with van der Waals surface area (Å²) in [5, 5.41) is 15.6. The van der Waals surface area contributed by atoms with Crippen LogP contribution in [0.5, 0.6) is 5.75 Å². The molecule has 38 heavy (non-hydrogen) atoms. The molecule has 0 unspecified atom stereocenters. The Hall–Kier alpha value is -4.16. The fraction of sp³-hybridized carbons (Fsp3) is 0.192. The van der Waals surface area contributed by atoms with Gasteiger partial charge in [-0.25, -0.2) is 19.6 Å². The maximum atomic E-state index is 13.3. The average Bonchev–Trinajstić information content (AvgIpc) is 3.50. The average molecular weight is 552 g/mol. The lowest BCUT2D eigenvalue weighted by molar-refractivity contribution is 0.0690. The number of carboxylic acid groups (broad SMARTS) is 1. The Morgan fingerprint density at radius 3 is 2.66 bits per heavy atom. The van der Waals surface area contributed by atoms with E-state index < -0.39 is 12.0 Å². The first-order valence-electron chi connectivity index (χ1n) is 11.5. The van der Waals surface area contributed by atoms with E-state index in [1.807, 2.05) is 13.0 Å². The van der Waals surface area contributed by atoms with Crippen LogP contribution in [-0.4, -0.2) is 50.3 Å². The van der Waals surface area contributed by atoms with Crippen LogP contribution >= 0.6 is 23.1 Å². The van der Waals surface area contributed by atoms with Crippen molar-refractivity contribution in [3.05, 3.63) is 82.1 Å². The normalized spacial score (nSPS) is 10.7. The summed E-state index contributed by atoms with van der Waals surface area (Å²) in [6.45, 7) is 1.87. The predicted octanol–water partition coefficient (Wildman–Crippen LogP) is 5.10. The Labute approximate surface area is 227 Å². The Bertz CT molecular complexity index is 1500. The molecule has 10 nitrogen and oxygen atoms in total. The van der Waals surface area contributed by atoms with E-state index in [2.05, 4.69) is 20.6 Å². The first kappa shape index (κ1) is 26.9. The largest absolute Gasteiger partial charge is 0.496 e. The summed E-state index contributed by atoms with van der Waals surface area (Å²) in [6, 6.07) is 11.6. The number of rotatable bonds is 10. The van der Waals surface area contributed by atoms with Crippen LogP contribution < -0.4 is 15.4 Å². The summed E-state index contributed by atoms with van der Waals surface area (Å²) in [7, 11) is 3.25. The van der Waals surface area contributed by atoms with Crippen molar-refractivity contribution in [2.24, 2.45) is 7.05 Å². The zero-order chi connectivity index (χ0) is 27.2. The summed E-state index contributed by atoms with van der Waals surface area (Å²) >= 11 is 2.77. The number of carboxylic acids is 1. The molecule has 0 saturated carbocycles. The molecule has 0 bridgehead atoms. The fourth-order valence-electron chi connectivity index (χ4n) is 3.59. The van der Waals surface area contributed by atoms with Crippen molar-refractivity contribution in [3.63, 3.8) is 0 Å². The molecule has 2 aromatic heterocycles. The van der Waals surface area contributed by atoms with Crippen LogP contribution in [0.2, 0.25) is 0 Å². The highest BCUT2D eigenvalue weighted by Crippen LogP contribution is 2.27. The summed E-state index contributed by atoms with van der Waals surface area (Å²) < 4.78 is 7.01. The standard InChI is InChI=1S/C26H25N5O5S2/c1-15-8-9-19(18(12-15)22(32)17-6-4-5-7-21(17)36-3)28-24(35)30-25-27-13-16(38-25)10-11-37-26-29-20(23(33)34)14-31(26)2/h4-9,12-14H,10-11H2,1-3H3,(H,33,34)(H2,27,28,30,35). The Kier molecular flexibility index (Phi) is 8.44. The molecule has 2 heterocycles. The van der Waals surface area contributed by atoms with Gasteiger partial charge in [0.1, 0.15) is 5.75 Å². The molecular formula is C26H25N5O5S2. The molecule has 0 saturated heterocycles. The summed E-state index contributed by atoms with van der Waals surface area (Å²) in [5.41, 5.74) is 2.00. The van der Waals surface area contributed by atoms with Crippen molar-refractivity contribution in [2.45, 2.75) is 18.5 Å². The minimum atomic E-state index is -1.06. The van der Waals surface area contributed by atoms with Crippen LogP contribution in [0.4, 0.5) is 15.6 Å². The van der Waals surface area contributed by atoms with E-state index in [0.29, 0.717) is 45.0 Å². The number of aromatic nitrogens is 3. The predicted molar refractivity (Wildman–Crippen MR) is 147 cm³/mol. The minimum Gasteiger partial charge on any atom is -0.496 e. The lowest BCUT2D eigenvalue weighted by Gasteiger charge is -2.13.